The average molecular weight is 231 g/mol. The van der Waals surface area contributed by atoms with Crippen LogP contribution in [-0.2, 0) is 9.59 Å². The van der Waals surface area contributed by atoms with Crippen molar-refractivity contribution in [3.8, 4) is 0 Å². The molecular weight excluding hydrogens is 222 g/mol. The first kappa shape index (κ1) is 10.1. The van der Waals surface area contributed by atoms with Crippen molar-refractivity contribution < 1.29 is 14.7 Å². The lowest BCUT2D eigenvalue weighted by Crippen LogP contribution is -2.33. The summed E-state index contributed by atoms with van der Waals surface area (Å²) in [5, 5.41) is 8.72. The molecule has 4 nitrogen and oxygen atoms in total. The molecule has 0 bridgehead atoms. The number of carbonyl (C=O) groups is 2. The molecule has 1 N–H and O–H groups in total. The van der Waals surface area contributed by atoms with Crippen LogP contribution in [0.1, 0.15) is 0 Å². The third-order valence-corrected chi connectivity index (χ3v) is 4.52. The first-order valence-electron chi connectivity index (χ1n) is 4.22. The molecule has 0 aromatic carbocycles. The van der Waals surface area contributed by atoms with E-state index in [1.807, 2.05) is 0 Å². The van der Waals surface area contributed by atoms with Gasteiger partial charge in [0.15, 0.2) is 0 Å². The summed E-state index contributed by atoms with van der Waals surface area (Å²) in [6.07, 6.45) is 0. The third kappa shape index (κ3) is 1.47. The topological polar surface area (TPSA) is 57.6 Å². The van der Waals surface area contributed by atoms with Gasteiger partial charge in [0.2, 0.25) is 0 Å². The Balaban J connectivity index is 2.25. The predicted molar refractivity (Wildman–Crippen MR) is 55.7 cm³/mol. The molecule has 6 heteroatoms. The summed E-state index contributed by atoms with van der Waals surface area (Å²) in [6, 6.07) is 0. The molecule has 2 amide bonds. The minimum Gasteiger partial charge on any atom is -0.395 e. The van der Waals surface area contributed by atoms with Crippen molar-refractivity contribution in [1.29, 1.82) is 0 Å². The van der Waals surface area contributed by atoms with Crippen molar-refractivity contribution >= 4 is 35.3 Å². The molecule has 14 heavy (non-hydrogen) atoms. The van der Waals surface area contributed by atoms with Gasteiger partial charge in [0.05, 0.1) is 23.0 Å². The zero-order valence-electron chi connectivity index (χ0n) is 7.36. The van der Waals surface area contributed by atoms with Crippen LogP contribution in [0, 0.1) is 0 Å². The Hall–Kier alpha value is -0.460. The Morgan fingerprint density at radius 3 is 2.07 bits per heavy atom. The number of amides is 2. The number of rotatable bonds is 2. The molecule has 0 atom stereocenters. The van der Waals surface area contributed by atoms with Crippen molar-refractivity contribution in [3.05, 3.63) is 9.81 Å². The van der Waals surface area contributed by atoms with E-state index in [1.165, 1.54) is 23.5 Å². The van der Waals surface area contributed by atoms with Crippen LogP contribution in [0.25, 0.3) is 0 Å². The van der Waals surface area contributed by atoms with E-state index in [-0.39, 0.29) is 25.0 Å². The number of hydrogen-bond acceptors (Lipinski definition) is 5. The van der Waals surface area contributed by atoms with Crippen LogP contribution in [0.2, 0.25) is 0 Å². The predicted octanol–water partition coefficient (Wildman–Crippen LogP) is 0.0391. The van der Waals surface area contributed by atoms with Crippen molar-refractivity contribution in [1.82, 2.24) is 4.90 Å². The number of nitrogens with zero attached hydrogens (tertiary/aromatic N) is 1. The minimum absolute atomic E-state index is 0.103. The van der Waals surface area contributed by atoms with Crippen LogP contribution >= 0.6 is 23.5 Å². The van der Waals surface area contributed by atoms with E-state index in [2.05, 4.69) is 0 Å². The fraction of sp³-hybridized carbons (Fsp3) is 0.500. The third-order valence-electron chi connectivity index (χ3n) is 1.98. The van der Waals surface area contributed by atoms with E-state index in [9.17, 15) is 9.59 Å². The Morgan fingerprint density at radius 1 is 1.14 bits per heavy atom. The van der Waals surface area contributed by atoms with Crippen molar-refractivity contribution in [2.24, 2.45) is 0 Å². The molecule has 0 saturated heterocycles. The van der Waals surface area contributed by atoms with E-state index >= 15 is 0 Å². The van der Waals surface area contributed by atoms with Gasteiger partial charge < -0.3 is 5.11 Å². The van der Waals surface area contributed by atoms with Crippen molar-refractivity contribution in [3.63, 3.8) is 0 Å². The maximum absolute atomic E-state index is 11.6. The summed E-state index contributed by atoms with van der Waals surface area (Å²) in [5.41, 5.74) is 0. The van der Waals surface area contributed by atoms with Gasteiger partial charge in [0.1, 0.15) is 0 Å². The molecule has 2 heterocycles. The summed E-state index contributed by atoms with van der Waals surface area (Å²) in [4.78, 5) is 25.5. The van der Waals surface area contributed by atoms with Crippen LogP contribution in [0.3, 0.4) is 0 Å². The first-order valence-corrected chi connectivity index (χ1v) is 6.19. The second-order valence-corrected chi connectivity index (χ2v) is 5.05. The number of aliphatic hydroxyl groups is 1. The monoisotopic (exact) mass is 231 g/mol. The van der Waals surface area contributed by atoms with Gasteiger partial charge in [-0.15, -0.1) is 23.5 Å². The SMILES string of the molecule is O=C1C2=C(SCCS2)C(=O)N1CCO. The molecule has 0 aliphatic carbocycles. The maximum atomic E-state index is 11.6. The number of carbonyl (C=O) groups excluding carboxylic acids is 2. The molecule has 0 fully saturated rings. The van der Waals surface area contributed by atoms with Crippen LogP contribution in [0.5, 0.6) is 0 Å². The quantitative estimate of drug-likeness (QED) is 0.680. The van der Waals surface area contributed by atoms with Gasteiger partial charge in [0.25, 0.3) is 11.8 Å². The van der Waals surface area contributed by atoms with Crippen LogP contribution in [0.15, 0.2) is 9.81 Å². The highest BCUT2D eigenvalue weighted by Gasteiger charge is 2.39. The number of aliphatic hydroxyl groups excluding tert-OH is 1. The summed E-state index contributed by atoms with van der Waals surface area (Å²) in [7, 11) is 0. The zero-order valence-corrected chi connectivity index (χ0v) is 8.99. The second kappa shape index (κ2) is 3.96. The summed E-state index contributed by atoms with van der Waals surface area (Å²) < 4.78 is 0. The Labute approximate surface area is 89.7 Å². The summed E-state index contributed by atoms with van der Waals surface area (Å²) in [5.74, 6) is 1.26. The summed E-state index contributed by atoms with van der Waals surface area (Å²) >= 11 is 2.88. The normalized spacial score (nSPS) is 21.9. The van der Waals surface area contributed by atoms with Gasteiger partial charge in [-0.05, 0) is 0 Å². The molecular formula is C8H9NO3S2. The standard InChI is InChI=1S/C8H9NO3S2/c10-2-1-9-7(11)5-6(8(9)12)14-4-3-13-5/h10H,1-4H2. The van der Waals surface area contributed by atoms with Gasteiger partial charge in [-0.2, -0.15) is 0 Å². The van der Waals surface area contributed by atoms with E-state index in [4.69, 9.17) is 5.11 Å². The highest BCUT2D eigenvalue weighted by atomic mass is 32.2. The molecule has 76 valence electrons. The smallest absolute Gasteiger partial charge is 0.268 e. The van der Waals surface area contributed by atoms with E-state index in [0.717, 1.165) is 16.4 Å². The molecule has 0 radical (unpaired) electrons. The molecule has 0 unspecified atom stereocenters. The lowest BCUT2D eigenvalue weighted by atomic mass is 10.5. The van der Waals surface area contributed by atoms with Crippen LogP contribution < -0.4 is 0 Å². The van der Waals surface area contributed by atoms with Crippen molar-refractivity contribution in [2.75, 3.05) is 24.7 Å². The van der Waals surface area contributed by atoms with Gasteiger partial charge in [0, 0.05) is 11.5 Å². The number of thioether (sulfide) groups is 2. The van der Waals surface area contributed by atoms with Crippen molar-refractivity contribution in [2.45, 2.75) is 0 Å². The van der Waals surface area contributed by atoms with E-state index < -0.39 is 0 Å². The summed E-state index contributed by atoms with van der Waals surface area (Å²) in [6.45, 7) is -0.0703. The lowest BCUT2D eigenvalue weighted by molar-refractivity contribution is -0.137. The molecule has 0 saturated carbocycles. The lowest BCUT2D eigenvalue weighted by Gasteiger charge is -2.11. The minimum atomic E-state index is -0.240. The Bertz CT molecular complexity index is 299. The molecule has 0 aromatic heterocycles. The average Bonchev–Trinajstić information content (AvgIpc) is 2.45. The highest BCUT2D eigenvalue weighted by Crippen LogP contribution is 2.40. The van der Waals surface area contributed by atoms with Gasteiger partial charge in [-0.1, -0.05) is 0 Å². The molecule has 2 aliphatic heterocycles. The van der Waals surface area contributed by atoms with Crippen LogP contribution in [-0.4, -0.2) is 46.5 Å². The Kier molecular flexibility index (Phi) is 2.85. The van der Waals surface area contributed by atoms with Crippen LogP contribution in [0.4, 0.5) is 0 Å². The second-order valence-electron chi connectivity index (χ2n) is 2.84. The molecule has 2 rings (SSSR count). The number of hydrogen-bond donors (Lipinski definition) is 1. The first-order chi connectivity index (χ1) is 6.75. The molecule has 2 aliphatic rings. The fourth-order valence-electron chi connectivity index (χ4n) is 1.38. The zero-order chi connectivity index (χ0) is 10.1. The molecule has 0 aromatic rings. The maximum Gasteiger partial charge on any atom is 0.268 e. The molecule has 0 spiro atoms. The highest BCUT2D eigenvalue weighted by molar-refractivity contribution is 8.11. The van der Waals surface area contributed by atoms with E-state index in [1.54, 1.807) is 0 Å². The largest absolute Gasteiger partial charge is 0.395 e. The van der Waals surface area contributed by atoms with Gasteiger partial charge in [-0.25, -0.2) is 0 Å². The number of imide groups is 1. The van der Waals surface area contributed by atoms with E-state index in [0.29, 0.717) is 9.81 Å². The van der Waals surface area contributed by atoms with Gasteiger partial charge >= 0.3 is 0 Å². The van der Waals surface area contributed by atoms with Gasteiger partial charge in [-0.3, -0.25) is 14.5 Å². The fourth-order valence-corrected chi connectivity index (χ4v) is 3.71. The Morgan fingerprint density at radius 2 is 1.64 bits per heavy atom. The number of β-amino-alcohol motifs (C(OH)–C–C–N with tert-alkyl or cyclic N) is 1.